The molecular formula is C15H26N2O3S. The molecule has 0 aliphatic rings. The van der Waals surface area contributed by atoms with Crippen LogP contribution in [0, 0.1) is 0 Å². The van der Waals surface area contributed by atoms with Gasteiger partial charge in [-0.1, -0.05) is 26.8 Å². The highest BCUT2D eigenvalue weighted by molar-refractivity contribution is 7.89. The molecule has 0 amide bonds. The van der Waals surface area contributed by atoms with Gasteiger partial charge in [0.2, 0.25) is 10.0 Å². The third kappa shape index (κ3) is 4.43. The summed E-state index contributed by atoms with van der Waals surface area (Å²) in [5, 5.41) is 3.20. The summed E-state index contributed by atoms with van der Waals surface area (Å²) in [6.07, 6.45) is 0.784. The molecule has 0 fully saturated rings. The van der Waals surface area contributed by atoms with Gasteiger partial charge < -0.3 is 10.1 Å². The van der Waals surface area contributed by atoms with E-state index in [2.05, 4.69) is 5.32 Å². The number of sulfonamides is 1. The molecule has 1 aromatic rings. The molecule has 120 valence electrons. The van der Waals surface area contributed by atoms with E-state index >= 15 is 0 Å². The number of rotatable bonds is 9. The summed E-state index contributed by atoms with van der Waals surface area (Å²) in [5.74, 6) is 0.393. The smallest absolute Gasteiger partial charge is 0.246 e. The maximum atomic E-state index is 12.8. The first-order valence-electron chi connectivity index (χ1n) is 7.38. The van der Waals surface area contributed by atoms with Crippen LogP contribution in [0.5, 0.6) is 5.75 Å². The van der Waals surface area contributed by atoms with Crippen molar-refractivity contribution in [1.82, 2.24) is 9.62 Å². The molecule has 21 heavy (non-hydrogen) atoms. The van der Waals surface area contributed by atoms with Gasteiger partial charge in [0.05, 0.1) is 7.11 Å². The fourth-order valence-corrected chi connectivity index (χ4v) is 3.89. The summed E-state index contributed by atoms with van der Waals surface area (Å²) in [5.41, 5.74) is 0.934. The quantitative estimate of drug-likeness (QED) is 0.759. The van der Waals surface area contributed by atoms with Gasteiger partial charge in [-0.25, -0.2) is 8.42 Å². The minimum atomic E-state index is -3.52. The van der Waals surface area contributed by atoms with Gasteiger partial charge in [-0.05, 0) is 30.7 Å². The van der Waals surface area contributed by atoms with Crippen molar-refractivity contribution in [3.05, 3.63) is 23.8 Å². The minimum absolute atomic E-state index is 0.246. The SMILES string of the molecule is CCCN(CC)S(=O)(=O)c1cc(CNCC)ccc1OC. The molecule has 0 unspecified atom stereocenters. The second-order valence-electron chi connectivity index (χ2n) is 4.76. The van der Waals surface area contributed by atoms with E-state index < -0.39 is 10.0 Å². The summed E-state index contributed by atoms with van der Waals surface area (Å²) >= 11 is 0. The molecule has 0 bridgehead atoms. The molecule has 1 rings (SSSR count). The van der Waals surface area contributed by atoms with Crippen molar-refractivity contribution in [2.75, 3.05) is 26.7 Å². The van der Waals surface area contributed by atoms with Crippen LogP contribution in [0.4, 0.5) is 0 Å². The average Bonchev–Trinajstić information content (AvgIpc) is 2.49. The van der Waals surface area contributed by atoms with Crippen LogP contribution < -0.4 is 10.1 Å². The van der Waals surface area contributed by atoms with E-state index in [0.717, 1.165) is 18.5 Å². The third-order valence-electron chi connectivity index (χ3n) is 3.25. The molecule has 0 aliphatic heterocycles. The van der Waals surface area contributed by atoms with E-state index in [1.807, 2.05) is 26.8 Å². The summed E-state index contributed by atoms with van der Waals surface area (Å²) in [7, 11) is -2.03. The Morgan fingerprint density at radius 1 is 1.24 bits per heavy atom. The predicted molar refractivity (Wildman–Crippen MR) is 85.1 cm³/mol. The topological polar surface area (TPSA) is 58.6 Å². The second-order valence-corrected chi connectivity index (χ2v) is 6.67. The normalized spacial score (nSPS) is 11.9. The number of hydrogen-bond donors (Lipinski definition) is 1. The Balaban J connectivity index is 3.23. The molecular weight excluding hydrogens is 288 g/mol. The maximum absolute atomic E-state index is 12.8. The zero-order valence-corrected chi connectivity index (χ0v) is 14.2. The van der Waals surface area contributed by atoms with E-state index in [9.17, 15) is 8.42 Å². The van der Waals surface area contributed by atoms with Crippen molar-refractivity contribution in [1.29, 1.82) is 0 Å². The number of benzene rings is 1. The van der Waals surface area contributed by atoms with Crippen molar-refractivity contribution in [2.24, 2.45) is 0 Å². The fraction of sp³-hybridized carbons (Fsp3) is 0.600. The highest BCUT2D eigenvalue weighted by atomic mass is 32.2. The Labute approximate surface area is 128 Å². The minimum Gasteiger partial charge on any atom is -0.495 e. The Bertz CT molecular complexity index is 544. The first-order chi connectivity index (χ1) is 10.0. The van der Waals surface area contributed by atoms with Crippen molar-refractivity contribution in [3.8, 4) is 5.75 Å². The lowest BCUT2D eigenvalue weighted by atomic mass is 10.2. The largest absolute Gasteiger partial charge is 0.495 e. The van der Waals surface area contributed by atoms with E-state index in [4.69, 9.17) is 4.74 Å². The van der Waals surface area contributed by atoms with Gasteiger partial charge in [-0.2, -0.15) is 4.31 Å². The molecule has 0 heterocycles. The third-order valence-corrected chi connectivity index (χ3v) is 5.25. The Hall–Kier alpha value is -1.11. The molecule has 6 heteroatoms. The van der Waals surface area contributed by atoms with E-state index in [-0.39, 0.29) is 4.90 Å². The Kier molecular flexibility index (Phi) is 7.14. The van der Waals surface area contributed by atoms with Crippen molar-refractivity contribution in [3.63, 3.8) is 0 Å². The van der Waals surface area contributed by atoms with Crippen LogP contribution in [0.15, 0.2) is 23.1 Å². The van der Waals surface area contributed by atoms with E-state index in [1.54, 1.807) is 12.1 Å². The highest BCUT2D eigenvalue weighted by Crippen LogP contribution is 2.28. The molecule has 0 aromatic heterocycles. The summed E-state index contributed by atoms with van der Waals surface area (Å²) in [6, 6.07) is 5.31. The zero-order chi connectivity index (χ0) is 15.9. The lowest BCUT2D eigenvalue weighted by molar-refractivity contribution is 0.392. The number of methoxy groups -OCH3 is 1. The van der Waals surface area contributed by atoms with Crippen molar-refractivity contribution >= 4 is 10.0 Å². The molecule has 0 aliphatic carbocycles. The lowest BCUT2D eigenvalue weighted by Crippen LogP contribution is -2.32. The Morgan fingerprint density at radius 3 is 2.48 bits per heavy atom. The molecule has 1 aromatic carbocycles. The van der Waals surface area contributed by atoms with Crippen LogP contribution in [0.2, 0.25) is 0 Å². The van der Waals surface area contributed by atoms with Crippen LogP contribution in [-0.4, -0.2) is 39.5 Å². The van der Waals surface area contributed by atoms with Crippen LogP contribution in [-0.2, 0) is 16.6 Å². The number of ether oxygens (including phenoxy) is 1. The molecule has 0 saturated carbocycles. The molecule has 1 N–H and O–H groups in total. The maximum Gasteiger partial charge on any atom is 0.246 e. The lowest BCUT2D eigenvalue weighted by Gasteiger charge is -2.21. The molecule has 0 atom stereocenters. The standard InChI is InChI=1S/C15H26N2O3S/c1-5-10-17(7-3)21(18,19)15-11-13(12-16-6-2)8-9-14(15)20-4/h8-9,11,16H,5-7,10,12H2,1-4H3. The zero-order valence-electron chi connectivity index (χ0n) is 13.3. The van der Waals surface area contributed by atoms with Crippen LogP contribution >= 0.6 is 0 Å². The average molecular weight is 314 g/mol. The second kappa shape index (κ2) is 8.36. The van der Waals surface area contributed by atoms with Crippen molar-refractivity contribution < 1.29 is 13.2 Å². The highest BCUT2D eigenvalue weighted by Gasteiger charge is 2.26. The van der Waals surface area contributed by atoms with Gasteiger partial charge in [-0.3, -0.25) is 0 Å². The predicted octanol–water partition coefficient (Wildman–Crippen LogP) is 2.23. The number of nitrogens with zero attached hydrogens (tertiary/aromatic N) is 1. The van der Waals surface area contributed by atoms with Gasteiger partial charge >= 0.3 is 0 Å². The Morgan fingerprint density at radius 2 is 1.95 bits per heavy atom. The number of hydrogen-bond acceptors (Lipinski definition) is 4. The summed E-state index contributed by atoms with van der Waals surface area (Å²) in [6.45, 7) is 8.28. The fourth-order valence-electron chi connectivity index (χ4n) is 2.14. The summed E-state index contributed by atoms with van der Waals surface area (Å²) in [4.78, 5) is 0.246. The van der Waals surface area contributed by atoms with Gasteiger partial charge in [-0.15, -0.1) is 0 Å². The molecule has 0 radical (unpaired) electrons. The van der Waals surface area contributed by atoms with Crippen LogP contribution in [0.1, 0.15) is 32.8 Å². The molecule has 0 spiro atoms. The first kappa shape index (κ1) is 17.9. The van der Waals surface area contributed by atoms with Gasteiger partial charge in [0.15, 0.2) is 0 Å². The summed E-state index contributed by atoms with van der Waals surface area (Å²) < 4.78 is 32.3. The first-order valence-corrected chi connectivity index (χ1v) is 8.82. The van der Waals surface area contributed by atoms with Gasteiger partial charge in [0.25, 0.3) is 0 Å². The molecule has 0 saturated heterocycles. The van der Waals surface area contributed by atoms with Crippen LogP contribution in [0.25, 0.3) is 0 Å². The molecule has 5 nitrogen and oxygen atoms in total. The monoisotopic (exact) mass is 314 g/mol. The van der Waals surface area contributed by atoms with E-state index in [1.165, 1.54) is 11.4 Å². The van der Waals surface area contributed by atoms with Crippen molar-refractivity contribution in [2.45, 2.75) is 38.6 Å². The van der Waals surface area contributed by atoms with Gasteiger partial charge in [0, 0.05) is 19.6 Å². The van der Waals surface area contributed by atoms with Crippen LogP contribution in [0.3, 0.4) is 0 Å². The van der Waals surface area contributed by atoms with E-state index in [0.29, 0.717) is 25.4 Å². The number of nitrogens with one attached hydrogen (secondary N) is 1. The van der Waals surface area contributed by atoms with Gasteiger partial charge in [0.1, 0.15) is 10.6 Å².